The van der Waals surface area contributed by atoms with E-state index in [9.17, 15) is 21.6 Å². The van der Waals surface area contributed by atoms with Crippen molar-refractivity contribution >= 4 is 31.6 Å². The van der Waals surface area contributed by atoms with Gasteiger partial charge in [0.05, 0.1) is 17.1 Å². The van der Waals surface area contributed by atoms with Crippen molar-refractivity contribution in [1.29, 1.82) is 0 Å². The molecule has 0 spiro atoms. The smallest absolute Gasteiger partial charge is 0.335 e. The van der Waals surface area contributed by atoms with Gasteiger partial charge >= 0.3 is 5.97 Å². The topological polar surface area (TPSA) is 130 Å². The zero-order valence-electron chi connectivity index (χ0n) is 9.90. The van der Waals surface area contributed by atoms with E-state index in [1.54, 1.807) is 0 Å². The van der Waals surface area contributed by atoms with Crippen molar-refractivity contribution in [2.75, 3.05) is 22.5 Å². The normalized spacial score (nSPS) is 12.1. The van der Waals surface area contributed by atoms with E-state index in [2.05, 4.69) is 4.98 Å². The molecule has 2 N–H and O–H groups in total. The SMILES string of the molecule is CS(=O)(=O)CCS(=O)(=O)Nc1cc(C(=O)O)ccn1. The second-order valence-electron chi connectivity index (χ2n) is 3.79. The minimum atomic E-state index is -3.89. The molecule has 0 bridgehead atoms. The largest absolute Gasteiger partial charge is 0.478 e. The van der Waals surface area contributed by atoms with Gasteiger partial charge in [0, 0.05) is 12.5 Å². The number of aromatic nitrogens is 1. The molecule has 0 aliphatic carbocycles. The number of anilines is 1. The van der Waals surface area contributed by atoms with E-state index in [-0.39, 0.29) is 11.4 Å². The summed E-state index contributed by atoms with van der Waals surface area (Å²) >= 11 is 0. The minimum absolute atomic E-state index is 0.129. The third-order valence-corrected chi connectivity index (χ3v) is 4.46. The molecule has 0 saturated heterocycles. The molecule has 8 nitrogen and oxygen atoms in total. The van der Waals surface area contributed by atoms with Crippen molar-refractivity contribution in [2.45, 2.75) is 0 Å². The number of aromatic carboxylic acids is 1. The van der Waals surface area contributed by atoms with Crippen molar-refractivity contribution in [3.8, 4) is 0 Å². The number of sulfone groups is 1. The first-order valence-corrected chi connectivity index (χ1v) is 8.68. The number of rotatable bonds is 6. The van der Waals surface area contributed by atoms with Gasteiger partial charge in [0.1, 0.15) is 15.7 Å². The molecule has 0 unspecified atom stereocenters. The predicted octanol–water partition coefficient (Wildman–Crippen LogP) is -0.434. The maximum atomic E-state index is 11.6. The Morgan fingerprint density at radius 3 is 2.47 bits per heavy atom. The highest BCUT2D eigenvalue weighted by atomic mass is 32.2. The number of hydrogen-bond donors (Lipinski definition) is 2. The number of sulfonamides is 1. The van der Waals surface area contributed by atoms with Crippen molar-refractivity contribution in [3.05, 3.63) is 23.9 Å². The predicted molar refractivity (Wildman–Crippen MR) is 68.3 cm³/mol. The average Bonchev–Trinajstić information content (AvgIpc) is 2.25. The Morgan fingerprint density at radius 2 is 1.95 bits per heavy atom. The Balaban J connectivity index is 2.84. The van der Waals surface area contributed by atoms with Gasteiger partial charge < -0.3 is 5.11 Å². The number of pyridine rings is 1. The van der Waals surface area contributed by atoms with Crippen LogP contribution in [0.5, 0.6) is 0 Å². The van der Waals surface area contributed by atoms with Crippen LogP contribution in [0.15, 0.2) is 18.3 Å². The molecule has 0 atom stereocenters. The summed E-state index contributed by atoms with van der Waals surface area (Å²) in [6, 6.07) is 2.25. The number of hydrogen-bond acceptors (Lipinski definition) is 6. The third-order valence-electron chi connectivity index (χ3n) is 1.99. The van der Waals surface area contributed by atoms with E-state index in [0.29, 0.717) is 0 Å². The van der Waals surface area contributed by atoms with E-state index < -0.39 is 37.3 Å². The van der Waals surface area contributed by atoms with Crippen LogP contribution in [-0.2, 0) is 19.9 Å². The van der Waals surface area contributed by atoms with Crippen molar-refractivity contribution in [2.24, 2.45) is 0 Å². The zero-order valence-corrected chi connectivity index (χ0v) is 11.5. The lowest BCUT2D eigenvalue weighted by Gasteiger charge is -2.07. The first-order valence-electron chi connectivity index (χ1n) is 4.97. The fourth-order valence-corrected chi connectivity index (χ4v) is 3.71. The van der Waals surface area contributed by atoms with Crippen LogP contribution < -0.4 is 4.72 Å². The van der Waals surface area contributed by atoms with E-state index in [1.165, 1.54) is 6.07 Å². The molecule has 0 aromatic carbocycles. The lowest BCUT2D eigenvalue weighted by atomic mass is 10.3. The molecule has 0 radical (unpaired) electrons. The second-order valence-corrected chi connectivity index (χ2v) is 7.89. The maximum Gasteiger partial charge on any atom is 0.335 e. The molecule has 0 aliphatic heterocycles. The van der Waals surface area contributed by atoms with Gasteiger partial charge in [0.2, 0.25) is 10.0 Å². The highest BCUT2D eigenvalue weighted by Gasteiger charge is 2.15. The van der Waals surface area contributed by atoms with Gasteiger partial charge in [-0.25, -0.2) is 26.6 Å². The summed E-state index contributed by atoms with van der Waals surface area (Å²) in [5, 5.41) is 8.73. The Bertz CT molecular complexity index is 680. The third kappa shape index (κ3) is 5.66. The first kappa shape index (κ1) is 15.4. The summed E-state index contributed by atoms with van der Waals surface area (Å²) in [5.41, 5.74) is -0.129. The van der Waals surface area contributed by atoms with Crippen molar-refractivity contribution < 1.29 is 26.7 Å². The van der Waals surface area contributed by atoms with Crippen LogP contribution in [0.25, 0.3) is 0 Å². The molecule has 0 aliphatic rings. The Hall–Kier alpha value is -1.68. The molecule has 19 heavy (non-hydrogen) atoms. The summed E-state index contributed by atoms with van der Waals surface area (Å²) in [7, 11) is -7.30. The van der Waals surface area contributed by atoms with E-state index in [0.717, 1.165) is 18.5 Å². The molecule has 1 aromatic heterocycles. The van der Waals surface area contributed by atoms with Gasteiger partial charge in [-0.2, -0.15) is 0 Å². The molecule has 1 aromatic rings. The highest BCUT2D eigenvalue weighted by Crippen LogP contribution is 2.09. The molecule has 0 fully saturated rings. The molecule has 1 rings (SSSR count). The van der Waals surface area contributed by atoms with Crippen LogP contribution in [0.1, 0.15) is 10.4 Å². The maximum absolute atomic E-state index is 11.6. The number of carbonyl (C=O) groups is 1. The standard InChI is InChI=1S/C9H12N2O6S2/c1-18(14,15)4-5-19(16,17)11-8-6-7(9(12)13)2-3-10-8/h2-3,6H,4-5H2,1H3,(H,10,11)(H,12,13). The molecule has 106 valence electrons. The van der Waals surface area contributed by atoms with Gasteiger partial charge in [0.15, 0.2) is 0 Å². The monoisotopic (exact) mass is 308 g/mol. The van der Waals surface area contributed by atoms with E-state index in [4.69, 9.17) is 5.11 Å². The van der Waals surface area contributed by atoms with Gasteiger partial charge in [0.25, 0.3) is 0 Å². The van der Waals surface area contributed by atoms with Gasteiger partial charge in [-0.05, 0) is 12.1 Å². The second kappa shape index (κ2) is 5.53. The summed E-state index contributed by atoms with van der Waals surface area (Å²) in [4.78, 5) is 14.3. The fraction of sp³-hybridized carbons (Fsp3) is 0.333. The summed E-state index contributed by atoms with van der Waals surface area (Å²) in [6.45, 7) is 0. The lowest BCUT2D eigenvalue weighted by Crippen LogP contribution is -2.23. The van der Waals surface area contributed by atoms with Crippen LogP contribution in [-0.4, -0.2) is 50.7 Å². The molecular formula is C9H12N2O6S2. The molecule has 10 heteroatoms. The summed E-state index contributed by atoms with van der Waals surface area (Å²) in [5.74, 6) is -2.54. The van der Waals surface area contributed by atoms with Crippen LogP contribution in [0, 0.1) is 0 Å². The van der Waals surface area contributed by atoms with Crippen molar-refractivity contribution in [1.82, 2.24) is 4.98 Å². The van der Waals surface area contributed by atoms with Gasteiger partial charge in [-0.1, -0.05) is 0 Å². The molecule has 0 amide bonds. The average molecular weight is 308 g/mol. The van der Waals surface area contributed by atoms with Gasteiger partial charge in [-0.3, -0.25) is 4.72 Å². The first-order chi connectivity index (χ1) is 8.59. The lowest BCUT2D eigenvalue weighted by molar-refractivity contribution is 0.0696. The quantitative estimate of drug-likeness (QED) is 0.728. The zero-order chi connectivity index (χ0) is 14.7. The number of nitrogens with zero attached hydrogens (tertiary/aromatic N) is 1. The summed E-state index contributed by atoms with van der Waals surface area (Å²) < 4.78 is 46.9. The number of nitrogens with one attached hydrogen (secondary N) is 1. The van der Waals surface area contributed by atoms with Crippen LogP contribution in [0.4, 0.5) is 5.82 Å². The Kier molecular flexibility index (Phi) is 4.48. The fourth-order valence-electron chi connectivity index (χ4n) is 1.09. The Labute approximate surface area is 110 Å². The van der Waals surface area contributed by atoms with E-state index in [1.807, 2.05) is 4.72 Å². The van der Waals surface area contributed by atoms with E-state index >= 15 is 0 Å². The molecule has 1 heterocycles. The number of carboxylic acid groups (broad SMARTS) is 1. The van der Waals surface area contributed by atoms with Crippen LogP contribution >= 0.6 is 0 Å². The highest BCUT2D eigenvalue weighted by molar-refractivity contribution is 7.95. The molecule has 0 saturated carbocycles. The Morgan fingerprint density at radius 1 is 1.32 bits per heavy atom. The minimum Gasteiger partial charge on any atom is -0.478 e. The van der Waals surface area contributed by atoms with Gasteiger partial charge in [-0.15, -0.1) is 0 Å². The molecular weight excluding hydrogens is 296 g/mol. The van der Waals surface area contributed by atoms with Crippen molar-refractivity contribution in [3.63, 3.8) is 0 Å². The summed E-state index contributed by atoms with van der Waals surface area (Å²) in [6.07, 6.45) is 2.06. The van der Waals surface area contributed by atoms with Crippen LogP contribution in [0.3, 0.4) is 0 Å². The number of carboxylic acids is 1. The van der Waals surface area contributed by atoms with Crippen LogP contribution in [0.2, 0.25) is 0 Å².